The van der Waals surface area contributed by atoms with Crippen LogP contribution in [0.1, 0.15) is 15.9 Å². The van der Waals surface area contributed by atoms with E-state index in [4.69, 9.17) is 5.73 Å². The minimum absolute atomic E-state index is 0.367. The summed E-state index contributed by atoms with van der Waals surface area (Å²) in [6, 6.07) is 11.7. The Bertz CT molecular complexity index is 503. The van der Waals surface area contributed by atoms with Crippen LogP contribution >= 0.6 is 0 Å². The molecule has 0 saturated carbocycles. The number of hydrogen-bond donors (Lipinski definition) is 1. The number of benzene rings is 2. The summed E-state index contributed by atoms with van der Waals surface area (Å²) in [7, 11) is 0. The Kier molecular flexibility index (Phi) is 1.97. The van der Waals surface area contributed by atoms with Gasteiger partial charge in [0.25, 0.3) is 0 Å². The van der Waals surface area contributed by atoms with E-state index in [1.54, 1.807) is 0 Å². The molecule has 0 aromatic heterocycles. The van der Waals surface area contributed by atoms with Crippen LogP contribution in [0.15, 0.2) is 36.4 Å². The maximum Gasteiger partial charge on any atom is 0.248 e. The third-order valence-electron chi connectivity index (χ3n) is 2.36. The Labute approximate surface area is 82.3 Å². The molecule has 2 N–H and O–H groups in total. The molecular weight excluding hydrogens is 174 g/mol. The lowest BCUT2D eigenvalue weighted by Crippen LogP contribution is -2.12. The molecular formula is C12H11NO. The van der Waals surface area contributed by atoms with Gasteiger partial charge in [0.15, 0.2) is 0 Å². The Morgan fingerprint density at radius 3 is 2.29 bits per heavy atom. The molecule has 0 atom stereocenters. The molecule has 2 aromatic rings. The average Bonchev–Trinajstić information content (AvgIpc) is 2.16. The largest absolute Gasteiger partial charge is 0.366 e. The highest BCUT2D eigenvalue weighted by Crippen LogP contribution is 2.18. The van der Waals surface area contributed by atoms with Gasteiger partial charge in [-0.05, 0) is 29.3 Å². The SMILES string of the molecule is Cc1cc2ccccc2cc1C(N)=O. The lowest BCUT2D eigenvalue weighted by Gasteiger charge is -2.04. The van der Waals surface area contributed by atoms with Gasteiger partial charge in [-0.15, -0.1) is 0 Å². The third-order valence-corrected chi connectivity index (χ3v) is 2.36. The maximum absolute atomic E-state index is 11.1. The van der Waals surface area contributed by atoms with Crippen molar-refractivity contribution in [3.8, 4) is 0 Å². The number of primary amides is 1. The van der Waals surface area contributed by atoms with E-state index in [0.29, 0.717) is 5.56 Å². The van der Waals surface area contributed by atoms with Gasteiger partial charge < -0.3 is 5.73 Å². The third kappa shape index (κ3) is 1.35. The van der Waals surface area contributed by atoms with Crippen LogP contribution < -0.4 is 5.73 Å². The van der Waals surface area contributed by atoms with Crippen LogP contribution in [0.5, 0.6) is 0 Å². The summed E-state index contributed by atoms with van der Waals surface area (Å²) < 4.78 is 0. The normalized spacial score (nSPS) is 10.4. The maximum atomic E-state index is 11.1. The number of fused-ring (bicyclic) bond motifs is 1. The Morgan fingerprint density at radius 2 is 1.71 bits per heavy atom. The molecule has 0 bridgehead atoms. The van der Waals surface area contributed by atoms with Gasteiger partial charge in [-0.1, -0.05) is 30.3 Å². The summed E-state index contributed by atoms with van der Waals surface area (Å²) in [5, 5.41) is 2.18. The quantitative estimate of drug-likeness (QED) is 0.727. The van der Waals surface area contributed by atoms with Gasteiger partial charge in [0.1, 0.15) is 0 Å². The van der Waals surface area contributed by atoms with Crippen LogP contribution in [-0.2, 0) is 0 Å². The fourth-order valence-electron chi connectivity index (χ4n) is 1.62. The van der Waals surface area contributed by atoms with Crippen molar-refractivity contribution < 1.29 is 4.79 Å². The van der Waals surface area contributed by atoms with E-state index in [9.17, 15) is 4.79 Å². The van der Waals surface area contributed by atoms with Crippen molar-refractivity contribution in [2.75, 3.05) is 0 Å². The number of carbonyl (C=O) groups is 1. The summed E-state index contributed by atoms with van der Waals surface area (Å²) in [6.45, 7) is 1.90. The summed E-state index contributed by atoms with van der Waals surface area (Å²) in [5.41, 5.74) is 6.79. The number of nitrogens with two attached hydrogens (primary N) is 1. The van der Waals surface area contributed by atoms with E-state index in [0.717, 1.165) is 16.3 Å². The van der Waals surface area contributed by atoms with Crippen molar-refractivity contribution in [2.24, 2.45) is 5.73 Å². The van der Waals surface area contributed by atoms with Gasteiger partial charge >= 0.3 is 0 Å². The van der Waals surface area contributed by atoms with Gasteiger partial charge in [0.05, 0.1) is 0 Å². The van der Waals surface area contributed by atoms with Crippen molar-refractivity contribution in [3.63, 3.8) is 0 Å². The summed E-state index contributed by atoms with van der Waals surface area (Å²) >= 11 is 0. The smallest absolute Gasteiger partial charge is 0.248 e. The highest BCUT2D eigenvalue weighted by molar-refractivity contribution is 5.99. The molecule has 0 aliphatic carbocycles. The molecule has 0 fully saturated rings. The minimum Gasteiger partial charge on any atom is -0.366 e. The molecule has 14 heavy (non-hydrogen) atoms. The first-order valence-electron chi connectivity index (χ1n) is 4.47. The molecule has 0 heterocycles. The topological polar surface area (TPSA) is 43.1 Å². The number of carbonyl (C=O) groups excluding carboxylic acids is 1. The van der Waals surface area contributed by atoms with E-state index >= 15 is 0 Å². The van der Waals surface area contributed by atoms with Crippen LogP contribution in [0.3, 0.4) is 0 Å². The molecule has 70 valence electrons. The highest BCUT2D eigenvalue weighted by atomic mass is 16.1. The van der Waals surface area contributed by atoms with Crippen LogP contribution in [0.2, 0.25) is 0 Å². The first-order valence-corrected chi connectivity index (χ1v) is 4.47. The second-order valence-corrected chi connectivity index (χ2v) is 3.38. The number of hydrogen-bond acceptors (Lipinski definition) is 1. The first-order chi connectivity index (χ1) is 6.68. The van der Waals surface area contributed by atoms with Gasteiger partial charge in [0, 0.05) is 5.56 Å². The van der Waals surface area contributed by atoms with E-state index in [-0.39, 0.29) is 5.91 Å². The van der Waals surface area contributed by atoms with Crippen molar-refractivity contribution in [1.82, 2.24) is 0 Å². The second kappa shape index (κ2) is 3.14. The molecule has 2 aromatic carbocycles. The van der Waals surface area contributed by atoms with Crippen LogP contribution in [-0.4, -0.2) is 5.91 Å². The van der Waals surface area contributed by atoms with Gasteiger partial charge in [-0.3, -0.25) is 4.79 Å². The van der Waals surface area contributed by atoms with Gasteiger partial charge in [0.2, 0.25) is 5.91 Å². The van der Waals surface area contributed by atoms with Gasteiger partial charge in [-0.25, -0.2) is 0 Å². The number of aryl methyl sites for hydroxylation is 1. The van der Waals surface area contributed by atoms with Crippen molar-refractivity contribution >= 4 is 16.7 Å². The molecule has 1 amide bonds. The van der Waals surface area contributed by atoms with E-state index in [1.165, 1.54) is 0 Å². The van der Waals surface area contributed by atoms with E-state index < -0.39 is 0 Å². The molecule has 0 unspecified atom stereocenters. The van der Waals surface area contributed by atoms with Crippen molar-refractivity contribution in [1.29, 1.82) is 0 Å². The lowest BCUT2D eigenvalue weighted by atomic mass is 10.0. The fourth-order valence-corrected chi connectivity index (χ4v) is 1.62. The predicted octanol–water partition coefficient (Wildman–Crippen LogP) is 2.25. The standard InChI is InChI=1S/C12H11NO/c1-8-6-9-4-2-3-5-10(9)7-11(8)12(13)14/h2-7H,1H3,(H2,13,14). The summed E-state index contributed by atoms with van der Waals surface area (Å²) in [6.07, 6.45) is 0. The Hall–Kier alpha value is -1.83. The molecule has 2 rings (SSSR count). The Balaban J connectivity index is 2.77. The molecule has 0 radical (unpaired) electrons. The number of amides is 1. The first kappa shape index (κ1) is 8.75. The van der Waals surface area contributed by atoms with E-state index in [2.05, 4.69) is 0 Å². The van der Waals surface area contributed by atoms with Crippen molar-refractivity contribution in [3.05, 3.63) is 47.5 Å². The minimum atomic E-state index is -0.367. The molecule has 0 aliphatic heterocycles. The van der Waals surface area contributed by atoms with Crippen LogP contribution in [0.25, 0.3) is 10.8 Å². The zero-order valence-electron chi connectivity index (χ0n) is 7.95. The monoisotopic (exact) mass is 185 g/mol. The molecule has 0 aliphatic rings. The van der Waals surface area contributed by atoms with Crippen LogP contribution in [0.4, 0.5) is 0 Å². The molecule has 0 spiro atoms. The lowest BCUT2D eigenvalue weighted by molar-refractivity contribution is 0.1000. The summed E-state index contributed by atoms with van der Waals surface area (Å²) in [4.78, 5) is 11.1. The fraction of sp³-hybridized carbons (Fsp3) is 0.0833. The number of rotatable bonds is 1. The zero-order chi connectivity index (χ0) is 10.1. The molecule has 0 saturated heterocycles. The second-order valence-electron chi connectivity index (χ2n) is 3.38. The Morgan fingerprint density at radius 1 is 1.14 bits per heavy atom. The van der Waals surface area contributed by atoms with Crippen molar-refractivity contribution in [2.45, 2.75) is 6.92 Å². The average molecular weight is 185 g/mol. The zero-order valence-corrected chi connectivity index (χ0v) is 7.95. The molecule has 2 nitrogen and oxygen atoms in total. The molecule has 2 heteroatoms. The van der Waals surface area contributed by atoms with Gasteiger partial charge in [-0.2, -0.15) is 0 Å². The van der Waals surface area contributed by atoms with Crippen LogP contribution in [0, 0.1) is 6.92 Å². The summed E-state index contributed by atoms with van der Waals surface area (Å²) in [5.74, 6) is -0.367. The predicted molar refractivity (Wildman–Crippen MR) is 57.2 cm³/mol. The van der Waals surface area contributed by atoms with E-state index in [1.807, 2.05) is 43.3 Å². The highest BCUT2D eigenvalue weighted by Gasteiger charge is 2.05.